The van der Waals surface area contributed by atoms with Crippen molar-refractivity contribution >= 4 is 5.82 Å². The molecule has 1 aliphatic carbocycles. The van der Waals surface area contributed by atoms with Crippen LogP contribution in [0.1, 0.15) is 31.7 Å². The summed E-state index contributed by atoms with van der Waals surface area (Å²) in [6.07, 6.45) is 0.290. The van der Waals surface area contributed by atoms with Gasteiger partial charge in [-0.3, -0.25) is 0 Å². The summed E-state index contributed by atoms with van der Waals surface area (Å²) in [5, 5.41) is 3.33. The van der Waals surface area contributed by atoms with E-state index in [2.05, 4.69) is 10.3 Å². The third-order valence-electron chi connectivity index (χ3n) is 3.19. The first-order chi connectivity index (χ1) is 9.49. The molecule has 0 atom stereocenters. The molecule has 1 heterocycles. The fraction of sp³-hybridized carbons (Fsp3) is 0.643. The second kappa shape index (κ2) is 6.43. The fourth-order valence-electron chi connectivity index (χ4n) is 2.14. The highest BCUT2D eigenvalue weighted by Gasteiger charge is 2.32. The molecule has 1 aliphatic rings. The normalized spacial score (nSPS) is 15.4. The van der Waals surface area contributed by atoms with Gasteiger partial charge < -0.3 is 10.2 Å². The largest absolute Gasteiger partial charge is 0.405 e. The van der Waals surface area contributed by atoms with Crippen molar-refractivity contribution in [2.45, 2.75) is 44.9 Å². The predicted octanol–water partition coefficient (Wildman–Crippen LogP) is 3.11. The van der Waals surface area contributed by atoms with Crippen LogP contribution in [-0.2, 0) is 6.54 Å². The Kier molecular flexibility index (Phi) is 4.86. The number of aromatic nitrogens is 1. The predicted molar refractivity (Wildman–Crippen MR) is 72.7 cm³/mol. The monoisotopic (exact) mass is 287 g/mol. The van der Waals surface area contributed by atoms with Gasteiger partial charge >= 0.3 is 6.18 Å². The Morgan fingerprint density at radius 2 is 2.15 bits per heavy atom. The maximum absolute atomic E-state index is 12.7. The van der Waals surface area contributed by atoms with E-state index in [1.807, 2.05) is 13.0 Å². The molecule has 0 radical (unpaired) electrons. The molecule has 6 heteroatoms. The zero-order chi connectivity index (χ0) is 14.6. The van der Waals surface area contributed by atoms with E-state index in [0.717, 1.165) is 18.4 Å². The van der Waals surface area contributed by atoms with Crippen LogP contribution in [0.25, 0.3) is 0 Å². The molecule has 1 aromatic rings. The van der Waals surface area contributed by atoms with Gasteiger partial charge in [0.1, 0.15) is 12.4 Å². The minimum absolute atomic E-state index is 0.354. The molecule has 1 aromatic heterocycles. The van der Waals surface area contributed by atoms with Gasteiger partial charge in [0.25, 0.3) is 0 Å². The van der Waals surface area contributed by atoms with Crippen LogP contribution < -0.4 is 10.2 Å². The SMILES string of the molecule is CCCN(CC(F)(F)F)c1ncccc1CNC1CC1. The summed E-state index contributed by atoms with van der Waals surface area (Å²) in [4.78, 5) is 5.49. The number of anilines is 1. The Labute approximate surface area is 117 Å². The summed E-state index contributed by atoms with van der Waals surface area (Å²) < 4.78 is 38.1. The van der Waals surface area contributed by atoms with E-state index in [9.17, 15) is 13.2 Å². The van der Waals surface area contributed by atoms with Gasteiger partial charge in [-0.25, -0.2) is 4.98 Å². The van der Waals surface area contributed by atoms with Gasteiger partial charge in [0, 0.05) is 30.9 Å². The molecule has 1 saturated carbocycles. The molecule has 1 N–H and O–H groups in total. The van der Waals surface area contributed by atoms with Crippen molar-refractivity contribution in [2.24, 2.45) is 0 Å². The van der Waals surface area contributed by atoms with Crippen LogP contribution in [0, 0.1) is 0 Å². The van der Waals surface area contributed by atoms with Gasteiger partial charge in [-0.2, -0.15) is 13.2 Å². The Morgan fingerprint density at radius 3 is 2.75 bits per heavy atom. The van der Waals surface area contributed by atoms with Crippen molar-refractivity contribution in [3.8, 4) is 0 Å². The quantitative estimate of drug-likeness (QED) is 0.835. The minimum atomic E-state index is -4.21. The summed E-state index contributed by atoms with van der Waals surface area (Å²) in [5.74, 6) is 0.444. The smallest absolute Gasteiger partial charge is 0.347 e. The number of hydrogen-bond donors (Lipinski definition) is 1. The Morgan fingerprint density at radius 1 is 1.40 bits per heavy atom. The molecule has 0 saturated heterocycles. The van der Waals surface area contributed by atoms with Gasteiger partial charge in [-0.05, 0) is 25.3 Å². The van der Waals surface area contributed by atoms with Crippen LogP contribution in [0.5, 0.6) is 0 Å². The maximum atomic E-state index is 12.7. The summed E-state index contributed by atoms with van der Waals surface area (Å²) in [7, 11) is 0. The van der Waals surface area contributed by atoms with Crippen LogP contribution in [0.4, 0.5) is 19.0 Å². The molecule has 2 rings (SSSR count). The molecule has 0 unspecified atom stereocenters. The standard InChI is InChI=1S/C14H20F3N3/c1-2-8-20(10-14(15,16)17)13-11(4-3-7-18-13)9-19-12-5-6-12/h3-4,7,12,19H,2,5-6,8-10H2,1H3. The van der Waals surface area contributed by atoms with Crippen LogP contribution >= 0.6 is 0 Å². The molecule has 1 fully saturated rings. The van der Waals surface area contributed by atoms with Gasteiger partial charge in [0.15, 0.2) is 0 Å². The first kappa shape index (κ1) is 15.1. The average Bonchev–Trinajstić information content (AvgIpc) is 3.19. The number of nitrogens with one attached hydrogen (secondary N) is 1. The number of nitrogens with zero attached hydrogens (tertiary/aromatic N) is 2. The molecule has 3 nitrogen and oxygen atoms in total. The van der Waals surface area contributed by atoms with Crippen molar-refractivity contribution in [1.29, 1.82) is 0 Å². The first-order valence-corrected chi connectivity index (χ1v) is 6.98. The average molecular weight is 287 g/mol. The number of alkyl halides is 3. The van der Waals surface area contributed by atoms with Gasteiger partial charge in [0.05, 0.1) is 0 Å². The van der Waals surface area contributed by atoms with Gasteiger partial charge in [-0.1, -0.05) is 13.0 Å². The fourth-order valence-corrected chi connectivity index (χ4v) is 2.14. The lowest BCUT2D eigenvalue weighted by Crippen LogP contribution is -2.36. The molecular weight excluding hydrogens is 267 g/mol. The van der Waals surface area contributed by atoms with Crippen LogP contribution in [0.15, 0.2) is 18.3 Å². The van der Waals surface area contributed by atoms with Crippen molar-refractivity contribution in [2.75, 3.05) is 18.0 Å². The second-order valence-electron chi connectivity index (χ2n) is 5.18. The summed E-state index contributed by atoms with van der Waals surface area (Å²) in [6.45, 7) is 1.85. The number of rotatable bonds is 7. The zero-order valence-corrected chi connectivity index (χ0v) is 11.6. The summed E-state index contributed by atoms with van der Waals surface area (Å²) >= 11 is 0. The molecular formula is C14H20F3N3. The van der Waals surface area contributed by atoms with Crippen molar-refractivity contribution in [3.05, 3.63) is 23.9 Å². The summed E-state index contributed by atoms with van der Waals surface area (Å²) in [5.41, 5.74) is 0.831. The zero-order valence-electron chi connectivity index (χ0n) is 11.6. The third-order valence-corrected chi connectivity index (χ3v) is 3.19. The van der Waals surface area contributed by atoms with Crippen LogP contribution in [0.3, 0.4) is 0 Å². The van der Waals surface area contributed by atoms with Crippen molar-refractivity contribution in [3.63, 3.8) is 0 Å². The molecule has 0 bridgehead atoms. The third kappa shape index (κ3) is 4.67. The summed E-state index contributed by atoms with van der Waals surface area (Å²) in [6, 6.07) is 4.13. The van der Waals surface area contributed by atoms with E-state index in [-0.39, 0.29) is 0 Å². The van der Waals surface area contributed by atoms with E-state index in [1.165, 1.54) is 4.90 Å². The molecule has 0 amide bonds. The molecule has 0 aromatic carbocycles. The van der Waals surface area contributed by atoms with Crippen molar-refractivity contribution in [1.82, 2.24) is 10.3 Å². The van der Waals surface area contributed by atoms with Gasteiger partial charge in [-0.15, -0.1) is 0 Å². The Bertz CT molecular complexity index is 430. The molecule has 0 spiro atoms. The van der Waals surface area contributed by atoms with E-state index < -0.39 is 12.7 Å². The lowest BCUT2D eigenvalue weighted by atomic mass is 10.2. The lowest BCUT2D eigenvalue weighted by molar-refractivity contribution is -0.119. The number of halogens is 3. The highest BCUT2D eigenvalue weighted by molar-refractivity contribution is 5.47. The highest BCUT2D eigenvalue weighted by Crippen LogP contribution is 2.25. The van der Waals surface area contributed by atoms with E-state index in [1.54, 1.807) is 12.3 Å². The van der Waals surface area contributed by atoms with E-state index in [0.29, 0.717) is 31.4 Å². The number of pyridine rings is 1. The van der Waals surface area contributed by atoms with Crippen molar-refractivity contribution < 1.29 is 13.2 Å². The maximum Gasteiger partial charge on any atom is 0.405 e. The Balaban J connectivity index is 2.12. The molecule has 112 valence electrons. The van der Waals surface area contributed by atoms with Crippen LogP contribution in [0.2, 0.25) is 0 Å². The van der Waals surface area contributed by atoms with Gasteiger partial charge in [0.2, 0.25) is 0 Å². The molecule has 0 aliphatic heterocycles. The van der Waals surface area contributed by atoms with E-state index in [4.69, 9.17) is 0 Å². The number of hydrogen-bond acceptors (Lipinski definition) is 3. The second-order valence-corrected chi connectivity index (χ2v) is 5.18. The van der Waals surface area contributed by atoms with E-state index >= 15 is 0 Å². The first-order valence-electron chi connectivity index (χ1n) is 6.98. The molecule has 20 heavy (non-hydrogen) atoms. The van der Waals surface area contributed by atoms with Crippen LogP contribution in [-0.4, -0.2) is 30.3 Å². The Hall–Kier alpha value is -1.30. The highest BCUT2D eigenvalue weighted by atomic mass is 19.4. The minimum Gasteiger partial charge on any atom is -0.347 e. The topological polar surface area (TPSA) is 28.2 Å². The lowest BCUT2D eigenvalue weighted by Gasteiger charge is -2.26.